The number of amides is 2. The zero-order chi connectivity index (χ0) is 14.8. The van der Waals surface area contributed by atoms with Crippen LogP contribution < -0.4 is 5.32 Å². The predicted molar refractivity (Wildman–Crippen MR) is 67.6 cm³/mol. The van der Waals surface area contributed by atoms with Crippen molar-refractivity contribution in [2.24, 2.45) is 0 Å². The van der Waals surface area contributed by atoms with Crippen molar-refractivity contribution in [2.75, 3.05) is 25.0 Å². The molecule has 0 bridgehead atoms. The molecule has 0 aromatic heterocycles. The number of ether oxygens (including phenoxy) is 1. The molecule has 20 heavy (non-hydrogen) atoms. The zero-order valence-corrected chi connectivity index (χ0v) is 10.9. The molecule has 0 saturated carbocycles. The summed E-state index contributed by atoms with van der Waals surface area (Å²) >= 11 is 0. The molecule has 0 spiro atoms. The van der Waals surface area contributed by atoms with Gasteiger partial charge in [0.15, 0.2) is 0 Å². The van der Waals surface area contributed by atoms with Gasteiger partial charge in [-0.05, 0) is 24.6 Å². The van der Waals surface area contributed by atoms with E-state index < -0.39 is 18.9 Å². The van der Waals surface area contributed by atoms with Gasteiger partial charge in [0.1, 0.15) is 6.61 Å². The molecule has 1 saturated heterocycles. The number of carbonyl (C=O) groups is 1. The maximum absolute atomic E-state index is 11.9. The van der Waals surface area contributed by atoms with Crippen molar-refractivity contribution in [3.63, 3.8) is 0 Å². The zero-order valence-electron chi connectivity index (χ0n) is 10.9. The number of alkyl halides is 3. The van der Waals surface area contributed by atoms with Crippen LogP contribution in [-0.4, -0.2) is 42.9 Å². The van der Waals surface area contributed by atoms with Crippen LogP contribution >= 0.6 is 0 Å². The first-order valence-electron chi connectivity index (χ1n) is 6.14. The second kappa shape index (κ2) is 5.70. The summed E-state index contributed by atoms with van der Waals surface area (Å²) in [7, 11) is 0. The van der Waals surface area contributed by atoms with E-state index in [0.29, 0.717) is 5.69 Å². The molecule has 1 N–H and O–H groups in total. The van der Waals surface area contributed by atoms with Crippen molar-refractivity contribution < 1.29 is 22.7 Å². The Morgan fingerprint density at radius 2 is 2.15 bits per heavy atom. The number of carbonyl (C=O) groups excluding carboxylic acids is 1. The maximum Gasteiger partial charge on any atom is 0.411 e. The third-order valence-corrected chi connectivity index (χ3v) is 2.89. The molecule has 1 fully saturated rings. The summed E-state index contributed by atoms with van der Waals surface area (Å²) in [6.45, 7) is 0.979. The summed E-state index contributed by atoms with van der Waals surface area (Å²) < 4.78 is 40.5. The largest absolute Gasteiger partial charge is 0.411 e. The number of halogens is 3. The van der Waals surface area contributed by atoms with Crippen LogP contribution in [0.5, 0.6) is 0 Å². The van der Waals surface area contributed by atoms with Gasteiger partial charge < -0.3 is 15.0 Å². The van der Waals surface area contributed by atoms with Gasteiger partial charge in [-0.15, -0.1) is 0 Å². The highest BCUT2D eigenvalue weighted by atomic mass is 19.4. The van der Waals surface area contributed by atoms with Gasteiger partial charge in [-0.2, -0.15) is 13.2 Å². The molecule has 0 atom stereocenters. The molecular formula is C13H15F3N2O2. The predicted octanol–water partition coefficient (Wildman–Crippen LogP) is 2.79. The molecule has 1 aromatic rings. The summed E-state index contributed by atoms with van der Waals surface area (Å²) in [5.41, 5.74) is 1.67. The van der Waals surface area contributed by atoms with E-state index in [1.165, 1.54) is 4.90 Å². The number of anilines is 1. The highest BCUT2D eigenvalue weighted by Gasteiger charge is 2.35. The lowest BCUT2D eigenvalue weighted by Gasteiger charge is -2.38. The molecule has 110 valence electrons. The van der Waals surface area contributed by atoms with E-state index in [1.54, 1.807) is 6.07 Å². The quantitative estimate of drug-likeness (QED) is 0.929. The normalized spacial score (nSPS) is 15.9. The van der Waals surface area contributed by atoms with Crippen LogP contribution in [-0.2, 0) is 4.74 Å². The average molecular weight is 288 g/mol. The van der Waals surface area contributed by atoms with E-state index in [0.717, 1.165) is 5.56 Å². The van der Waals surface area contributed by atoms with Gasteiger partial charge in [0.2, 0.25) is 0 Å². The van der Waals surface area contributed by atoms with Crippen LogP contribution in [0.4, 0.5) is 23.7 Å². The lowest BCUT2D eigenvalue weighted by Crippen LogP contribution is -2.56. The van der Waals surface area contributed by atoms with Crippen molar-refractivity contribution >= 4 is 11.7 Å². The van der Waals surface area contributed by atoms with Crippen LogP contribution in [0.25, 0.3) is 0 Å². The van der Waals surface area contributed by atoms with E-state index >= 15 is 0 Å². The Kier molecular flexibility index (Phi) is 4.17. The fraction of sp³-hybridized carbons (Fsp3) is 0.462. The lowest BCUT2D eigenvalue weighted by atomic mass is 10.2. The number of likely N-dealkylation sites (tertiary alicyclic amines) is 1. The number of nitrogens with one attached hydrogen (secondary N) is 1. The van der Waals surface area contributed by atoms with Gasteiger partial charge in [0, 0.05) is 5.69 Å². The van der Waals surface area contributed by atoms with Crippen LogP contribution in [0.2, 0.25) is 0 Å². The summed E-state index contributed by atoms with van der Waals surface area (Å²) in [6, 6.07) is 6.95. The van der Waals surface area contributed by atoms with Gasteiger partial charge in [0.05, 0.1) is 19.2 Å². The number of urea groups is 1. The van der Waals surface area contributed by atoms with Gasteiger partial charge in [-0.25, -0.2) is 4.79 Å². The Bertz CT molecular complexity index is 485. The minimum atomic E-state index is -4.33. The first-order valence-corrected chi connectivity index (χ1v) is 6.14. The van der Waals surface area contributed by atoms with Gasteiger partial charge >= 0.3 is 12.2 Å². The second-order valence-electron chi connectivity index (χ2n) is 4.75. The summed E-state index contributed by atoms with van der Waals surface area (Å²) in [5, 5.41) is 2.69. The van der Waals surface area contributed by atoms with Crippen LogP contribution in [0.1, 0.15) is 5.56 Å². The van der Waals surface area contributed by atoms with E-state index in [4.69, 9.17) is 0 Å². The Morgan fingerprint density at radius 1 is 1.45 bits per heavy atom. The Balaban J connectivity index is 1.74. The minimum Gasteiger partial charge on any atom is -0.365 e. The van der Waals surface area contributed by atoms with E-state index in [9.17, 15) is 18.0 Å². The van der Waals surface area contributed by atoms with Gasteiger partial charge in [0.25, 0.3) is 0 Å². The average Bonchev–Trinajstić information content (AvgIpc) is 2.25. The molecule has 2 rings (SSSR count). The Labute approximate surface area is 114 Å². The van der Waals surface area contributed by atoms with E-state index in [2.05, 4.69) is 10.1 Å². The molecule has 1 aliphatic heterocycles. The topological polar surface area (TPSA) is 41.6 Å². The van der Waals surface area contributed by atoms with E-state index in [1.807, 2.05) is 25.1 Å². The molecule has 4 nitrogen and oxygen atoms in total. The number of hydrogen-bond donors (Lipinski definition) is 1. The number of aryl methyl sites for hydroxylation is 1. The van der Waals surface area contributed by atoms with Crippen LogP contribution in [0.3, 0.4) is 0 Å². The summed E-state index contributed by atoms with van der Waals surface area (Å²) in [6.07, 6.45) is -4.87. The monoisotopic (exact) mass is 288 g/mol. The molecule has 2 amide bonds. The molecule has 1 aliphatic rings. The third kappa shape index (κ3) is 4.12. The van der Waals surface area contributed by atoms with E-state index in [-0.39, 0.29) is 19.1 Å². The first kappa shape index (κ1) is 14.6. The molecule has 0 aliphatic carbocycles. The minimum absolute atomic E-state index is 0.174. The standard InChI is InChI=1S/C13H15F3N2O2/c1-9-3-2-4-10(5-9)17-12(19)18-6-11(7-18)20-8-13(14,15)16/h2-5,11H,6-8H2,1H3,(H,17,19). The Hall–Kier alpha value is -1.76. The fourth-order valence-corrected chi connectivity index (χ4v) is 1.85. The van der Waals surface area contributed by atoms with Crippen molar-refractivity contribution in [3.05, 3.63) is 29.8 Å². The third-order valence-electron chi connectivity index (χ3n) is 2.89. The second-order valence-corrected chi connectivity index (χ2v) is 4.75. The van der Waals surface area contributed by atoms with Crippen LogP contribution in [0, 0.1) is 6.92 Å². The molecule has 7 heteroatoms. The fourth-order valence-electron chi connectivity index (χ4n) is 1.85. The van der Waals surface area contributed by atoms with Gasteiger partial charge in [-0.3, -0.25) is 0 Å². The summed E-state index contributed by atoms with van der Waals surface area (Å²) in [4.78, 5) is 13.2. The smallest absolute Gasteiger partial charge is 0.365 e. The lowest BCUT2D eigenvalue weighted by molar-refractivity contribution is -0.195. The van der Waals surface area contributed by atoms with Crippen LogP contribution in [0.15, 0.2) is 24.3 Å². The number of hydrogen-bond acceptors (Lipinski definition) is 2. The van der Waals surface area contributed by atoms with Crippen molar-refractivity contribution in [2.45, 2.75) is 19.2 Å². The van der Waals surface area contributed by atoms with Crippen molar-refractivity contribution in [1.29, 1.82) is 0 Å². The van der Waals surface area contributed by atoms with Gasteiger partial charge in [-0.1, -0.05) is 12.1 Å². The summed E-state index contributed by atoms with van der Waals surface area (Å²) in [5.74, 6) is 0. The van der Waals surface area contributed by atoms with Crippen molar-refractivity contribution in [3.8, 4) is 0 Å². The van der Waals surface area contributed by atoms with Crippen molar-refractivity contribution in [1.82, 2.24) is 4.90 Å². The highest BCUT2D eigenvalue weighted by Crippen LogP contribution is 2.20. The number of benzene rings is 1. The Morgan fingerprint density at radius 3 is 2.75 bits per heavy atom. The first-order chi connectivity index (χ1) is 9.33. The number of rotatable bonds is 3. The number of nitrogens with zero attached hydrogens (tertiary/aromatic N) is 1. The molecule has 1 heterocycles. The highest BCUT2D eigenvalue weighted by molar-refractivity contribution is 5.90. The molecular weight excluding hydrogens is 273 g/mol. The molecule has 0 radical (unpaired) electrons. The SMILES string of the molecule is Cc1cccc(NC(=O)N2CC(OCC(F)(F)F)C2)c1. The molecule has 0 unspecified atom stereocenters. The maximum atomic E-state index is 11.9. The molecule has 1 aromatic carbocycles.